The predicted molar refractivity (Wildman–Crippen MR) is 180 cm³/mol. The molecule has 0 spiro atoms. The summed E-state index contributed by atoms with van der Waals surface area (Å²) in [5, 5.41) is 0. The highest BCUT2D eigenvalue weighted by molar-refractivity contribution is 7.94. The van der Waals surface area contributed by atoms with Gasteiger partial charge in [0.05, 0.1) is 10.8 Å². The number of carbonyl (C=O) groups excluding carboxylic acids is 1. The third-order valence-corrected chi connectivity index (χ3v) is 9.87. The molecule has 2 aliphatic rings. The van der Waals surface area contributed by atoms with Gasteiger partial charge in [-0.1, -0.05) is 31.1 Å². The molecule has 0 aromatic heterocycles. The van der Waals surface area contributed by atoms with Crippen LogP contribution in [0.3, 0.4) is 0 Å². The Labute approximate surface area is 268 Å². The fourth-order valence-corrected chi connectivity index (χ4v) is 6.96. The first-order chi connectivity index (χ1) is 20.8. The fourth-order valence-electron chi connectivity index (χ4n) is 6.03. The van der Waals surface area contributed by atoms with Crippen LogP contribution >= 0.6 is 36.1 Å². The van der Waals surface area contributed by atoms with Crippen molar-refractivity contribution in [2.24, 2.45) is 0 Å². The summed E-state index contributed by atoms with van der Waals surface area (Å²) in [6, 6.07) is 11.9. The van der Waals surface area contributed by atoms with Crippen LogP contribution in [0.5, 0.6) is 5.75 Å². The van der Waals surface area contributed by atoms with Gasteiger partial charge in [0, 0.05) is 75.7 Å². The summed E-state index contributed by atoms with van der Waals surface area (Å²) in [4.78, 5) is 12.5. The first-order valence-electron chi connectivity index (χ1n) is 14.8. The number of hydrogen-bond acceptors (Lipinski definition) is 8. The van der Waals surface area contributed by atoms with Gasteiger partial charge in [-0.25, -0.2) is 0 Å². The highest BCUT2D eigenvalue weighted by Crippen LogP contribution is 2.47. The molecule has 0 saturated carbocycles. The third kappa shape index (κ3) is 7.70. The monoisotopic (exact) mass is 640 g/mol. The summed E-state index contributed by atoms with van der Waals surface area (Å²) >= 11 is 2.40. The van der Waals surface area contributed by atoms with E-state index in [0.29, 0.717) is 12.2 Å². The molecule has 0 fully saturated rings. The highest BCUT2D eigenvalue weighted by Gasteiger charge is 2.47. The quantitative estimate of drug-likeness (QED) is 0.0549. The van der Waals surface area contributed by atoms with Gasteiger partial charge in [-0.2, -0.15) is 4.58 Å². The first-order valence-corrected chi connectivity index (χ1v) is 17.3. The van der Waals surface area contributed by atoms with E-state index in [2.05, 4.69) is 49.6 Å². The maximum Gasteiger partial charge on any atom is 0.209 e. The van der Waals surface area contributed by atoms with E-state index in [1.807, 2.05) is 42.5 Å². The van der Waals surface area contributed by atoms with Crippen molar-refractivity contribution in [3.8, 4) is 5.75 Å². The van der Waals surface area contributed by atoms with Gasteiger partial charge in [-0.15, -0.1) is 0 Å². The average molecular weight is 641 g/mol. The number of ether oxygens (including phenoxy) is 1. The number of aldehydes is 1. The number of hydrogen-bond donors (Lipinski definition) is 3. The lowest BCUT2D eigenvalue weighted by molar-refractivity contribution is -0.438. The van der Waals surface area contributed by atoms with Crippen LogP contribution in [0, 0.1) is 0 Å². The molecule has 6 nitrogen and oxygen atoms in total. The molecule has 0 amide bonds. The lowest BCUT2D eigenvalue weighted by atomic mass is 9.75. The first kappa shape index (κ1) is 33.6. The lowest BCUT2D eigenvalue weighted by Gasteiger charge is -2.22. The summed E-state index contributed by atoms with van der Waals surface area (Å²) in [5.74, 6) is 2.38. The van der Waals surface area contributed by atoms with Crippen LogP contribution in [0.25, 0.3) is 0 Å². The van der Waals surface area contributed by atoms with Crippen LogP contribution < -0.4 is 4.74 Å². The molecule has 0 aliphatic carbocycles. The van der Waals surface area contributed by atoms with Crippen LogP contribution in [-0.4, -0.2) is 42.5 Å². The van der Waals surface area contributed by atoms with Gasteiger partial charge in [-0.3, -0.25) is 0 Å². The van der Waals surface area contributed by atoms with E-state index < -0.39 is 0 Å². The van der Waals surface area contributed by atoms with Crippen molar-refractivity contribution >= 4 is 53.8 Å². The molecule has 0 saturated heterocycles. The summed E-state index contributed by atoms with van der Waals surface area (Å²) in [5.41, 5.74) is 4.08. The van der Waals surface area contributed by atoms with E-state index in [0.717, 1.165) is 120 Å². The van der Waals surface area contributed by atoms with Gasteiger partial charge < -0.3 is 23.2 Å². The maximum atomic E-state index is 10.8. The number of fused-ring (bicyclic) bond motifs is 2. The van der Waals surface area contributed by atoms with Crippen molar-refractivity contribution in [1.29, 1.82) is 0 Å². The normalized spacial score (nSPS) is 19.9. The lowest BCUT2D eigenvalue weighted by Crippen LogP contribution is -2.31. The fraction of sp³-hybridized carbons (Fsp3) is 0.412. The van der Waals surface area contributed by atoms with Crippen molar-refractivity contribution in [1.82, 2.24) is 0 Å². The molecule has 1 atom stereocenters. The molecule has 4 rings (SSSR count). The molecule has 2 aromatic rings. The van der Waals surface area contributed by atoms with Crippen molar-refractivity contribution in [2.45, 2.75) is 86.3 Å². The van der Waals surface area contributed by atoms with E-state index >= 15 is 0 Å². The van der Waals surface area contributed by atoms with Crippen molar-refractivity contribution in [2.75, 3.05) is 12.3 Å². The molecule has 2 heterocycles. The minimum atomic E-state index is -0.314. The van der Waals surface area contributed by atoms with E-state index in [1.54, 1.807) is 0 Å². The van der Waals surface area contributed by atoms with Gasteiger partial charge in [0.2, 0.25) is 5.69 Å². The minimum absolute atomic E-state index is 0.253. The summed E-state index contributed by atoms with van der Waals surface area (Å²) < 4.78 is 37.1. The standard InChI is InChI=1S/C34H41NO5S3/c1-33(2)28-24-26(43-39)16-18-30(28)40-32(33)14-8-6-7-13-31-34(3,19-9-4-5-11-21-36)27-23-25(42-38)15-17-29(27)35(31)20-10-12-22-41-37/h6-8,13-18,21,23-24H,4-5,9-12,19-20,22H2,1-3H3,(H2-,37,38,39)/p+1/b8-6+,13-7+,32-14-. The third-order valence-electron chi connectivity index (χ3n) is 8.47. The SMILES string of the molecule is CC1(CCCCCC=O)C(/C=C/C=C/C=C2\Oc3ccc(SO)cc3C2(C)C)=[N+](CCCCSO)c2ccc(SO)cc21. The molecule has 1 unspecified atom stereocenters. The largest absolute Gasteiger partial charge is 0.460 e. The van der Waals surface area contributed by atoms with E-state index in [4.69, 9.17) is 4.74 Å². The number of nitrogens with zero attached hydrogens (tertiary/aromatic N) is 1. The average Bonchev–Trinajstić information content (AvgIpc) is 3.40. The number of benzene rings is 2. The molecule has 0 bridgehead atoms. The molecular weight excluding hydrogens is 599 g/mol. The van der Waals surface area contributed by atoms with Gasteiger partial charge in [-0.05, 0) is 88.5 Å². The molecule has 9 heteroatoms. The topological polar surface area (TPSA) is 90.0 Å². The Morgan fingerprint density at radius 1 is 0.860 bits per heavy atom. The summed E-state index contributed by atoms with van der Waals surface area (Å²) in [6.45, 7) is 7.37. The number of allylic oxidation sites excluding steroid dienone is 6. The minimum Gasteiger partial charge on any atom is -0.460 e. The van der Waals surface area contributed by atoms with Crippen LogP contribution in [0.15, 0.2) is 82.3 Å². The Bertz CT molecular complexity index is 1410. The number of rotatable bonds is 16. The van der Waals surface area contributed by atoms with Gasteiger partial charge >= 0.3 is 0 Å². The van der Waals surface area contributed by atoms with Crippen LogP contribution in [0.2, 0.25) is 0 Å². The smallest absolute Gasteiger partial charge is 0.209 e. The van der Waals surface area contributed by atoms with Crippen LogP contribution in [0.4, 0.5) is 5.69 Å². The zero-order valence-electron chi connectivity index (χ0n) is 25.1. The Kier molecular flexibility index (Phi) is 12.2. The van der Waals surface area contributed by atoms with Crippen LogP contribution in [-0.2, 0) is 15.6 Å². The van der Waals surface area contributed by atoms with Crippen LogP contribution in [0.1, 0.15) is 76.8 Å². The van der Waals surface area contributed by atoms with Crippen molar-refractivity contribution in [3.05, 3.63) is 83.7 Å². The molecular formula is C34H42NO5S3+. The molecule has 0 radical (unpaired) electrons. The molecule has 2 aromatic carbocycles. The van der Waals surface area contributed by atoms with Gasteiger partial charge in [0.1, 0.15) is 24.3 Å². The van der Waals surface area contributed by atoms with E-state index in [1.165, 1.54) is 11.3 Å². The Morgan fingerprint density at radius 2 is 1.60 bits per heavy atom. The van der Waals surface area contributed by atoms with E-state index in [9.17, 15) is 18.5 Å². The maximum absolute atomic E-state index is 10.8. The second kappa shape index (κ2) is 15.6. The second-order valence-electron chi connectivity index (χ2n) is 11.7. The second-order valence-corrected chi connectivity index (χ2v) is 13.7. The number of carbonyl (C=O) groups is 1. The van der Waals surface area contributed by atoms with E-state index in [-0.39, 0.29) is 10.8 Å². The Balaban J connectivity index is 1.62. The Hall–Kier alpha value is -2.27. The predicted octanol–water partition coefficient (Wildman–Crippen LogP) is 9.68. The van der Waals surface area contributed by atoms with Gasteiger partial charge in [0.25, 0.3) is 0 Å². The van der Waals surface area contributed by atoms with Crippen molar-refractivity contribution in [3.63, 3.8) is 0 Å². The summed E-state index contributed by atoms with van der Waals surface area (Å²) in [7, 11) is 0. The number of unbranched alkanes of at least 4 members (excludes halogenated alkanes) is 4. The summed E-state index contributed by atoms with van der Waals surface area (Å²) in [6.07, 6.45) is 17.6. The molecule has 2 aliphatic heterocycles. The molecule has 43 heavy (non-hydrogen) atoms. The zero-order chi connectivity index (χ0) is 30.9. The molecule has 230 valence electrons. The van der Waals surface area contributed by atoms with Crippen molar-refractivity contribution < 1.29 is 27.8 Å². The highest BCUT2D eigenvalue weighted by atomic mass is 32.2. The Morgan fingerprint density at radius 3 is 2.33 bits per heavy atom. The van der Waals surface area contributed by atoms with Gasteiger partial charge in [0.15, 0.2) is 5.71 Å². The molecule has 3 N–H and O–H groups in total. The zero-order valence-corrected chi connectivity index (χ0v) is 27.6.